The summed E-state index contributed by atoms with van der Waals surface area (Å²) in [4.78, 5) is 28.5. The minimum Gasteiger partial charge on any atom is -0.387 e. The van der Waals surface area contributed by atoms with Crippen LogP contribution in [0.25, 0.3) is 22.0 Å². The molecule has 0 spiro atoms. The Hall–Kier alpha value is -3.99. The maximum atomic E-state index is 15.0. The minimum atomic E-state index is -0.651. The third-order valence-corrected chi connectivity index (χ3v) is 7.12. The SMILES string of the molecule is CCCc1nc(C2CCN(c3ncnc4c(-c5ccc(CN(C)C(=O)CO)c(F)c5)cc(F)cc34)CC2)no1. The Morgan fingerprint density at radius 2 is 1.97 bits per heavy atom. The van der Waals surface area contributed by atoms with Crippen LogP contribution < -0.4 is 4.90 Å². The normalized spacial score (nSPS) is 14.2. The number of nitrogens with zero attached hydrogens (tertiary/aromatic N) is 6. The van der Waals surface area contributed by atoms with Crippen molar-refractivity contribution in [3.8, 4) is 11.1 Å². The number of hydrogen-bond donors (Lipinski definition) is 1. The molecule has 2 aromatic heterocycles. The molecule has 0 bridgehead atoms. The number of fused-ring (bicyclic) bond motifs is 1. The number of aromatic nitrogens is 4. The van der Waals surface area contributed by atoms with Crippen molar-refractivity contribution in [2.24, 2.45) is 0 Å². The van der Waals surface area contributed by atoms with Crippen molar-refractivity contribution in [2.75, 3.05) is 31.6 Å². The molecular formula is C28H30F2N6O3. The molecule has 1 amide bonds. The number of rotatable bonds is 8. The van der Waals surface area contributed by atoms with Crippen LogP contribution in [0, 0.1) is 11.6 Å². The van der Waals surface area contributed by atoms with E-state index in [-0.39, 0.29) is 18.0 Å². The van der Waals surface area contributed by atoms with Gasteiger partial charge in [0.05, 0.1) is 5.52 Å². The topological polar surface area (TPSA) is 108 Å². The lowest BCUT2D eigenvalue weighted by molar-refractivity contribution is -0.133. The number of aliphatic hydroxyl groups is 1. The number of benzene rings is 2. The first-order chi connectivity index (χ1) is 18.9. The molecule has 11 heteroatoms. The molecule has 1 fully saturated rings. The largest absolute Gasteiger partial charge is 0.387 e. The van der Waals surface area contributed by atoms with E-state index >= 15 is 4.39 Å². The summed E-state index contributed by atoms with van der Waals surface area (Å²) >= 11 is 0. The number of halogens is 2. The van der Waals surface area contributed by atoms with Crippen molar-refractivity contribution >= 4 is 22.6 Å². The molecule has 2 aromatic carbocycles. The Kier molecular flexibility index (Phi) is 7.78. The summed E-state index contributed by atoms with van der Waals surface area (Å²) in [5, 5.41) is 13.7. The van der Waals surface area contributed by atoms with E-state index in [0.29, 0.717) is 46.8 Å². The molecule has 39 heavy (non-hydrogen) atoms. The molecule has 3 heterocycles. The standard InChI is InChI=1S/C28H30F2N6O3/c1-3-4-24-33-27(34-39-24)17-7-9-36(10-8-17)28-22-13-20(29)12-21(26(22)31-16-32-28)18-5-6-19(23(30)11-18)14-35(2)25(38)15-37/h5-6,11-13,16-17,37H,3-4,7-10,14-15H2,1-2H3. The van der Waals surface area contributed by atoms with Crippen molar-refractivity contribution in [2.45, 2.75) is 45.1 Å². The zero-order valence-electron chi connectivity index (χ0n) is 21.9. The molecule has 204 valence electrons. The van der Waals surface area contributed by atoms with E-state index in [2.05, 4.69) is 31.9 Å². The fraction of sp³-hybridized carbons (Fsp3) is 0.393. The fourth-order valence-electron chi connectivity index (χ4n) is 5.00. The Morgan fingerprint density at radius 3 is 2.69 bits per heavy atom. The molecule has 1 N–H and O–H groups in total. The lowest BCUT2D eigenvalue weighted by Gasteiger charge is -2.32. The first kappa shape index (κ1) is 26.6. The summed E-state index contributed by atoms with van der Waals surface area (Å²) < 4.78 is 35.3. The van der Waals surface area contributed by atoms with E-state index < -0.39 is 24.1 Å². The fourth-order valence-corrected chi connectivity index (χ4v) is 5.00. The molecule has 1 aliphatic heterocycles. The van der Waals surface area contributed by atoms with Crippen molar-refractivity contribution in [1.82, 2.24) is 25.0 Å². The molecular weight excluding hydrogens is 506 g/mol. The first-order valence-corrected chi connectivity index (χ1v) is 13.0. The van der Waals surface area contributed by atoms with Crippen LogP contribution in [-0.2, 0) is 17.8 Å². The number of piperidine rings is 1. The molecule has 1 aliphatic rings. The van der Waals surface area contributed by atoms with E-state index in [0.717, 1.165) is 31.5 Å². The number of hydrogen-bond acceptors (Lipinski definition) is 8. The van der Waals surface area contributed by atoms with Crippen LogP contribution in [0.3, 0.4) is 0 Å². The van der Waals surface area contributed by atoms with Crippen molar-refractivity contribution < 1.29 is 23.2 Å². The predicted octanol–water partition coefficient (Wildman–Crippen LogP) is 4.25. The first-order valence-electron chi connectivity index (χ1n) is 13.0. The van der Waals surface area contributed by atoms with Gasteiger partial charge in [0.1, 0.15) is 30.4 Å². The van der Waals surface area contributed by atoms with Crippen LogP contribution in [0.2, 0.25) is 0 Å². The second-order valence-corrected chi connectivity index (χ2v) is 9.82. The molecule has 0 radical (unpaired) electrons. The van der Waals surface area contributed by atoms with Crippen LogP contribution in [-0.4, -0.2) is 62.8 Å². The number of carbonyl (C=O) groups excluding carboxylic acids is 1. The maximum Gasteiger partial charge on any atom is 0.248 e. The molecule has 9 nitrogen and oxygen atoms in total. The highest BCUT2D eigenvalue weighted by atomic mass is 19.1. The summed E-state index contributed by atoms with van der Waals surface area (Å²) in [6, 6.07) is 7.29. The number of carbonyl (C=O) groups is 1. The summed E-state index contributed by atoms with van der Waals surface area (Å²) in [6.45, 7) is 2.79. The van der Waals surface area contributed by atoms with Crippen molar-refractivity contribution in [3.05, 3.63) is 65.6 Å². The Balaban J connectivity index is 1.40. The van der Waals surface area contributed by atoms with Gasteiger partial charge in [-0.15, -0.1) is 0 Å². The molecule has 0 atom stereocenters. The van der Waals surface area contributed by atoms with Crippen LogP contribution in [0.15, 0.2) is 41.2 Å². The lowest BCUT2D eigenvalue weighted by atomic mass is 9.95. The van der Waals surface area contributed by atoms with E-state index in [1.807, 2.05) is 0 Å². The molecule has 5 rings (SSSR count). The third kappa shape index (κ3) is 5.58. The van der Waals surface area contributed by atoms with Crippen LogP contribution in [0.5, 0.6) is 0 Å². The summed E-state index contributed by atoms with van der Waals surface area (Å²) in [6.07, 6.45) is 4.76. The minimum absolute atomic E-state index is 0.00144. The van der Waals surface area contributed by atoms with Gasteiger partial charge >= 0.3 is 0 Å². The van der Waals surface area contributed by atoms with Gasteiger partial charge in [0.15, 0.2) is 5.82 Å². The second kappa shape index (κ2) is 11.4. The number of aryl methyl sites for hydroxylation is 1. The Morgan fingerprint density at radius 1 is 1.18 bits per heavy atom. The van der Waals surface area contributed by atoms with Crippen molar-refractivity contribution in [3.63, 3.8) is 0 Å². The molecule has 1 saturated heterocycles. The van der Waals surface area contributed by atoms with Gasteiger partial charge in [-0.25, -0.2) is 18.7 Å². The van der Waals surface area contributed by atoms with Gasteiger partial charge in [-0.2, -0.15) is 4.98 Å². The molecule has 0 saturated carbocycles. The van der Waals surface area contributed by atoms with Gasteiger partial charge < -0.3 is 19.4 Å². The highest BCUT2D eigenvalue weighted by Gasteiger charge is 2.27. The predicted molar refractivity (Wildman–Crippen MR) is 141 cm³/mol. The highest BCUT2D eigenvalue weighted by Crippen LogP contribution is 2.36. The van der Waals surface area contributed by atoms with Gasteiger partial charge in [0.2, 0.25) is 11.8 Å². The maximum absolute atomic E-state index is 15.0. The molecule has 0 aliphatic carbocycles. The average molecular weight is 537 g/mol. The van der Waals surface area contributed by atoms with E-state index in [4.69, 9.17) is 9.63 Å². The monoisotopic (exact) mass is 536 g/mol. The number of anilines is 1. The van der Waals surface area contributed by atoms with Gasteiger partial charge in [0.25, 0.3) is 0 Å². The van der Waals surface area contributed by atoms with Crippen LogP contribution in [0.1, 0.15) is 49.4 Å². The van der Waals surface area contributed by atoms with Crippen LogP contribution in [0.4, 0.5) is 14.6 Å². The zero-order valence-corrected chi connectivity index (χ0v) is 21.9. The van der Waals surface area contributed by atoms with Gasteiger partial charge in [-0.05, 0) is 43.0 Å². The van der Waals surface area contributed by atoms with Gasteiger partial charge in [-0.3, -0.25) is 4.79 Å². The lowest BCUT2D eigenvalue weighted by Crippen LogP contribution is -2.34. The number of likely N-dealkylation sites (N-methyl/N-ethyl adjacent to an activating group) is 1. The molecule has 0 unspecified atom stereocenters. The highest BCUT2D eigenvalue weighted by molar-refractivity contribution is 5.99. The number of aliphatic hydroxyl groups excluding tert-OH is 1. The smallest absolute Gasteiger partial charge is 0.248 e. The molecule has 4 aromatic rings. The summed E-state index contributed by atoms with van der Waals surface area (Å²) in [7, 11) is 1.49. The van der Waals surface area contributed by atoms with Gasteiger partial charge in [0, 0.05) is 55.5 Å². The number of amides is 1. The summed E-state index contributed by atoms with van der Waals surface area (Å²) in [5.41, 5.74) is 1.71. The van der Waals surface area contributed by atoms with E-state index in [1.165, 1.54) is 36.5 Å². The van der Waals surface area contributed by atoms with Crippen LogP contribution >= 0.6 is 0 Å². The average Bonchev–Trinajstić information content (AvgIpc) is 3.42. The van der Waals surface area contributed by atoms with Gasteiger partial charge in [-0.1, -0.05) is 24.2 Å². The third-order valence-electron chi connectivity index (χ3n) is 7.12. The van der Waals surface area contributed by atoms with E-state index in [1.54, 1.807) is 12.1 Å². The Labute approximate surface area is 224 Å². The van der Waals surface area contributed by atoms with Crippen molar-refractivity contribution in [1.29, 1.82) is 0 Å². The zero-order chi connectivity index (χ0) is 27.5. The summed E-state index contributed by atoms with van der Waals surface area (Å²) in [5.74, 6) is 0.677. The quantitative estimate of drug-likeness (QED) is 0.356. The second-order valence-electron chi connectivity index (χ2n) is 9.82. The van der Waals surface area contributed by atoms with E-state index in [9.17, 15) is 9.18 Å². The Bertz CT molecular complexity index is 1490.